The summed E-state index contributed by atoms with van der Waals surface area (Å²) in [4.78, 5) is 0. The van der Waals surface area contributed by atoms with Gasteiger partial charge in [-0.2, -0.15) is 0 Å². The maximum atomic E-state index is 11.2. The van der Waals surface area contributed by atoms with Crippen molar-refractivity contribution >= 4 is 21.6 Å². The summed E-state index contributed by atoms with van der Waals surface area (Å²) in [7, 11) is -3.26. The molecule has 4 nitrogen and oxygen atoms in total. The zero-order valence-corrected chi connectivity index (χ0v) is 8.18. The van der Waals surface area contributed by atoms with Crippen LogP contribution in [-0.2, 0) is 10.0 Å². The lowest BCUT2D eigenvalue weighted by molar-refractivity contribution is 0.113. The van der Waals surface area contributed by atoms with Crippen molar-refractivity contribution in [3.05, 3.63) is 0 Å². The lowest BCUT2D eigenvalue weighted by atomic mass is 10.1. The molecule has 0 unspecified atom stereocenters. The molecule has 1 rings (SSSR count). The minimum absolute atomic E-state index is 0.355. The SMILES string of the molecule is O=S(=O)(CCl)N1CCC(O)CC1. The van der Waals surface area contributed by atoms with Gasteiger partial charge in [-0.1, -0.05) is 0 Å². The largest absolute Gasteiger partial charge is 0.393 e. The molecule has 0 aromatic rings. The Bertz CT molecular complexity index is 233. The third-order valence-electron chi connectivity index (χ3n) is 1.95. The van der Waals surface area contributed by atoms with Crippen LogP contribution in [0.1, 0.15) is 12.8 Å². The van der Waals surface area contributed by atoms with Crippen LogP contribution in [0.4, 0.5) is 0 Å². The molecule has 1 saturated heterocycles. The maximum Gasteiger partial charge on any atom is 0.228 e. The van der Waals surface area contributed by atoms with Gasteiger partial charge in [0.2, 0.25) is 10.0 Å². The minimum atomic E-state index is -3.26. The van der Waals surface area contributed by atoms with Gasteiger partial charge in [-0.25, -0.2) is 12.7 Å². The topological polar surface area (TPSA) is 57.6 Å². The van der Waals surface area contributed by atoms with Crippen LogP contribution < -0.4 is 0 Å². The number of rotatable bonds is 2. The van der Waals surface area contributed by atoms with Gasteiger partial charge in [0.25, 0.3) is 0 Å². The monoisotopic (exact) mass is 213 g/mol. The second-order valence-corrected chi connectivity index (χ2v) is 5.40. The molecule has 72 valence electrons. The Balaban J connectivity index is 2.56. The second kappa shape index (κ2) is 3.91. The van der Waals surface area contributed by atoms with Gasteiger partial charge in [-0.3, -0.25) is 0 Å². The number of aliphatic hydroxyl groups is 1. The molecule has 1 aliphatic heterocycles. The fraction of sp³-hybridized carbons (Fsp3) is 1.00. The number of hydrogen-bond acceptors (Lipinski definition) is 3. The summed E-state index contributed by atoms with van der Waals surface area (Å²) in [5, 5.41) is 8.74. The molecule has 1 heterocycles. The van der Waals surface area contributed by atoms with E-state index in [4.69, 9.17) is 16.7 Å². The first-order valence-electron chi connectivity index (χ1n) is 3.78. The van der Waals surface area contributed by atoms with Crippen LogP contribution in [-0.4, -0.2) is 42.2 Å². The number of aliphatic hydroxyl groups excluding tert-OH is 1. The molecule has 0 aromatic heterocycles. The highest BCUT2D eigenvalue weighted by molar-refractivity contribution is 7.90. The molecule has 6 heteroatoms. The van der Waals surface area contributed by atoms with Crippen LogP contribution in [0.2, 0.25) is 0 Å². The van der Waals surface area contributed by atoms with Crippen molar-refractivity contribution in [2.24, 2.45) is 0 Å². The molecule has 0 spiro atoms. The number of hydrogen-bond donors (Lipinski definition) is 1. The molecule has 1 fully saturated rings. The van der Waals surface area contributed by atoms with Crippen molar-refractivity contribution in [2.75, 3.05) is 18.3 Å². The van der Waals surface area contributed by atoms with Crippen molar-refractivity contribution in [2.45, 2.75) is 18.9 Å². The third-order valence-corrected chi connectivity index (χ3v) is 4.21. The Kier molecular flexibility index (Phi) is 3.34. The van der Waals surface area contributed by atoms with Gasteiger partial charge in [0.1, 0.15) is 5.21 Å². The average molecular weight is 214 g/mol. The van der Waals surface area contributed by atoms with Crippen LogP contribution in [0.3, 0.4) is 0 Å². The van der Waals surface area contributed by atoms with E-state index < -0.39 is 10.0 Å². The van der Waals surface area contributed by atoms with E-state index in [0.717, 1.165) is 0 Å². The van der Waals surface area contributed by atoms with Gasteiger partial charge in [0.15, 0.2) is 0 Å². The van der Waals surface area contributed by atoms with Gasteiger partial charge in [0.05, 0.1) is 6.10 Å². The summed E-state index contributed by atoms with van der Waals surface area (Å²) in [6.45, 7) is 0.770. The Labute approximate surface area is 77.2 Å². The Morgan fingerprint density at radius 2 is 1.92 bits per heavy atom. The molecule has 1 N–H and O–H groups in total. The molecule has 0 radical (unpaired) electrons. The molecule has 0 saturated carbocycles. The normalized spacial score (nSPS) is 22.8. The summed E-state index contributed by atoms with van der Waals surface area (Å²) in [6, 6.07) is 0. The second-order valence-electron chi connectivity index (χ2n) is 2.85. The Hall–Kier alpha value is 0.160. The number of piperidine rings is 1. The zero-order chi connectivity index (χ0) is 9.19. The highest BCUT2D eigenvalue weighted by Crippen LogP contribution is 2.14. The fourth-order valence-corrected chi connectivity index (χ4v) is 2.51. The molecule has 1 aliphatic rings. The predicted molar refractivity (Wildman–Crippen MR) is 46.5 cm³/mol. The first-order chi connectivity index (χ1) is 5.56. The summed E-state index contributed by atoms with van der Waals surface area (Å²) in [6.07, 6.45) is 0.665. The quantitative estimate of drug-likeness (QED) is 0.656. The summed E-state index contributed by atoms with van der Waals surface area (Å²) < 4.78 is 23.7. The Morgan fingerprint density at radius 1 is 1.42 bits per heavy atom. The third kappa shape index (κ3) is 2.32. The van der Waals surface area contributed by atoms with Crippen molar-refractivity contribution in [1.82, 2.24) is 4.31 Å². The lowest BCUT2D eigenvalue weighted by Crippen LogP contribution is -2.40. The first-order valence-corrected chi connectivity index (χ1v) is 5.92. The molecule has 0 aromatic carbocycles. The maximum absolute atomic E-state index is 11.2. The molecule has 0 bridgehead atoms. The van der Waals surface area contributed by atoms with E-state index >= 15 is 0 Å². The van der Waals surface area contributed by atoms with Crippen LogP contribution in [0, 0.1) is 0 Å². The predicted octanol–water partition coefficient (Wildman–Crippen LogP) is -0.0308. The van der Waals surface area contributed by atoms with E-state index in [9.17, 15) is 8.42 Å². The lowest BCUT2D eigenvalue weighted by Gasteiger charge is -2.27. The summed E-state index contributed by atoms with van der Waals surface area (Å²) in [5.74, 6) is 0. The molecular weight excluding hydrogens is 202 g/mol. The number of halogens is 1. The molecule has 0 amide bonds. The highest BCUT2D eigenvalue weighted by atomic mass is 35.5. The molecule has 0 aliphatic carbocycles. The first kappa shape index (κ1) is 10.2. The minimum Gasteiger partial charge on any atom is -0.393 e. The van der Waals surface area contributed by atoms with Gasteiger partial charge in [-0.15, -0.1) is 11.6 Å². The van der Waals surface area contributed by atoms with Gasteiger partial charge in [-0.05, 0) is 12.8 Å². The van der Waals surface area contributed by atoms with Gasteiger partial charge < -0.3 is 5.11 Å². The van der Waals surface area contributed by atoms with Crippen LogP contribution in [0.5, 0.6) is 0 Å². The van der Waals surface area contributed by atoms with Crippen molar-refractivity contribution in [3.8, 4) is 0 Å². The van der Waals surface area contributed by atoms with Crippen molar-refractivity contribution in [3.63, 3.8) is 0 Å². The van der Waals surface area contributed by atoms with E-state index in [0.29, 0.717) is 25.9 Å². The van der Waals surface area contributed by atoms with Crippen molar-refractivity contribution in [1.29, 1.82) is 0 Å². The summed E-state index contributed by atoms with van der Waals surface area (Å²) >= 11 is 5.27. The molecular formula is C6H12ClNO3S. The van der Waals surface area contributed by atoms with E-state index in [1.54, 1.807) is 0 Å². The van der Waals surface area contributed by atoms with E-state index in [1.165, 1.54) is 4.31 Å². The number of sulfonamides is 1. The van der Waals surface area contributed by atoms with Crippen LogP contribution >= 0.6 is 11.6 Å². The van der Waals surface area contributed by atoms with E-state index in [-0.39, 0.29) is 11.3 Å². The highest BCUT2D eigenvalue weighted by Gasteiger charge is 2.25. The van der Waals surface area contributed by atoms with E-state index in [1.807, 2.05) is 0 Å². The Morgan fingerprint density at radius 3 is 2.33 bits per heavy atom. The summed E-state index contributed by atoms with van der Waals surface area (Å²) in [5.41, 5.74) is 0. The smallest absolute Gasteiger partial charge is 0.228 e. The standard InChI is InChI=1S/C6H12ClNO3S/c7-5-12(10,11)8-3-1-6(9)2-4-8/h6,9H,1-5H2. The fourth-order valence-electron chi connectivity index (χ4n) is 1.19. The number of nitrogens with zero attached hydrogens (tertiary/aromatic N) is 1. The van der Waals surface area contributed by atoms with Gasteiger partial charge in [0, 0.05) is 13.1 Å². The van der Waals surface area contributed by atoms with Crippen LogP contribution in [0.25, 0.3) is 0 Å². The molecule has 0 atom stereocenters. The van der Waals surface area contributed by atoms with Gasteiger partial charge >= 0.3 is 0 Å². The molecule has 12 heavy (non-hydrogen) atoms. The zero-order valence-electron chi connectivity index (χ0n) is 6.61. The van der Waals surface area contributed by atoms with Crippen molar-refractivity contribution < 1.29 is 13.5 Å². The van der Waals surface area contributed by atoms with E-state index in [2.05, 4.69) is 0 Å². The number of alkyl halides is 1. The average Bonchev–Trinajstić information content (AvgIpc) is 2.05. The van der Waals surface area contributed by atoms with Crippen LogP contribution in [0.15, 0.2) is 0 Å².